The standard InChI is InChI=1S/C20H24N4O3S/c1-4-13-7-5-9-16-17(13)21-20(28-16)24(11-14-8-6-10-27-14)19(25)15-12-23(2)22-18(15)26-3/h5,7,9,12,14H,4,6,8,10-11H2,1-3H3. The molecule has 1 atom stereocenters. The molecule has 1 amide bonds. The van der Waals surface area contributed by atoms with Gasteiger partial charge in [-0.25, -0.2) is 4.98 Å². The van der Waals surface area contributed by atoms with E-state index in [9.17, 15) is 4.79 Å². The average Bonchev–Trinajstić information content (AvgIpc) is 3.43. The maximum Gasteiger partial charge on any atom is 0.267 e. The van der Waals surface area contributed by atoms with Gasteiger partial charge in [-0.05, 0) is 30.9 Å². The number of aromatic nitrogens is 3. The van der Waals surface area contributed by atoms with E-state index < -0.39 is 0 Å². The quantitative estimate of drug-likeness (QED) is 0.634. The molecule has 1 saturated heterocycles. The molecule has 28 heavy (non-hydrogen) atoms. The van der Waals surface area contributed by atoms with Crippen molar-refractivity contribution in [3.05, 3.63) is 35.5 Å². The number of hydrogen-bond donors (Lipinski definition) is 0. The summed E-state index contributed by atoms with van der Waals surface area (Å²) in [6.45, 7) is 3.32. The lowest BCUT2D eigenvalue weighted by molar-refractivity contribution is 0.0915. The summed E-state index contributed by atoms with van der Waals surface area (Å²) < 4.78 is 13.8. The van der Waals surface area contributed by atoms with Gasteiger partial charge in [0.15, 0.2) is 5.13 Å². The molecule has 0 radical (unpaired) electrons. The topological polar surface area (TPSA) is 69.5 Å². The second-order valence-electron chi connectivity index (χ2n) is 6.89. The summed E-state index contributed by atoms with van der Waals surface area (Å²) >= 11 is 1.53. The molecule has 0 N–H and O–H groups in total. The van der Waals surface area contributed by atoms with E-state index in [2.05, 4.69) is 24.2 Å². The molecule has 1 aliphatic rings. The number of methoxy groups -OCH3 is 1. The number of hydrogen-bond acceptors (Lipinski definition) is 6. The van der Waals surface area contributed by atoms with E-state index in [0.717, 1.165) is 36.1 Å². The van der Waals surface area contributed by atoms with Crippen molar-refractivity contribution in [2.45, 2.75) is 32.3 Å². The molecule has 4 rings (SSSR count). The van der Waals surface area contributed by atoms with Crippen LogP contribution < -0.4 is 9.64 Å². The molecular weight excluding hydrogens is 376 g/mol. The molecule has 0 aliphatic carbocycles. The van der Waals surface area contributed by atoms with Gasteiger partial charge in [-0.3, -0.25) is 14.4 Å². The first-order valence-electron chi connectivity index (χ1n) is 9.50. The normalized spacial score (nSPS) is 16.6. The third-order valence-electron chi connectivity index (χ3n) is 4.98. The monoisotopic (exact) mass is 400 g/mol. The summed E-state index contributed by atoms with van der Waals surface area (Å²) in [5.74, 6) is 0.151. The number of carbonyl (C=O) groups excluding carboxylic acids is 1. The smallest absolute Gasteiger partial charge is 0.267 e. The maximum atomic E-state index is 13.5. The summed E-state index contributed by atoms with van der Waals surface area (Å²) in [5, 5.41) is 4.91. The number of para-hydroxylation sites is 1. The van der Waals surface area contributed by atoms with Crippen molar-refractivity contribution >= 4 is 32.6 Å². The highest BCUT2D eigenvalue weighted by Gasteiger charge is 2.30. The fourth-order valence-corrected chi connectivity index (χ4v) is 4.57. The largest absolute Gasteiger partial charge is 0.479 e. The molecule has 1 fully saturated rings. The van der Waals surface area contributed by atoms with Crippen LogP contribution in [-0.2, 0) is 18.2 Å². The van der Waals surface area contributed by atoms with Crippen LogP contribution in [-0.4, -0.2) is 47.0 Å². The summed E-state index contributed by atoms with van der Waals surface area (Å²) in [4.78, 5) is 20.0. The molecule has 0 spiro atoms. The number of benzene rings is 1. The number of fused-ring (bicyclic) bond motifs is 1. The van der Waals surface area contributed by atoms with Crippen LogP contribution in [0.15, 0.2) is 24.4 Å². The van der Waals surface area contributed by atoms with Crippen molar-refractivity contribution in [3.63, 3.8) is 0 Å². The van der Waals surface area contributed by atoms with Crippen molar-refractivity contribution in [2.24, 2.45) is 7.05 Å². The highest BCUT2D eigenvalue weighted by Crippen LogP contribution is 2.33. The van der Waals surface area contributed by atoms with Crippen LogP contribution in [0.4, 0.5) is 5.13 Å². The predicted octanol–water partition coefficient (Wildman–Crippen LogP) is 3.43. The van der Waals surface area contributed by atoms with Gasteiger partial charge >= 0.3 is 0 Å². The summed E-state index contributed by atoms with van der Waals surface area (Å²) in [6, 6.07) is 6.18. The van der Waals surface area contributed by atoms with Crippen LogP contribution in [0.3, 0.4) is 0 Å². The number of thiazole rings is 1. The third-order valence-corrected chi connectivity index (χ3v) is 6.02. The van der Waals surface area contributed by atoms with Gasteiger partial charge in [0.25, 0.3) is 5.91 Å². The highest BCUT2D eigenvalue weighted by atomic mass is 32.1. The molecule has 3 aromatic rings. The lowest BCUT2D eigenvalue weighted by Crippen LogP contribution is -2.37. The molecule has 3 heterocycles. The molecule has 7 nitrogen and oxygen atoms in total. The Morgan fingerprint density at radius 1 is 1.46 bits per heavy atom. The van der Waals surface area contributed by atoms with Crippen LogP contribution in [0, 0.1) is 0 Å². The Bertz CT molecular complexity index is 991. The SMILES string of the molecule is CCc1cccc2sc(N(CC3CCCO3)C(=O)c3cn(C)nc3OC)nc12. The van der Waals surface area contributed by atoms with E-state index in [-0.39, 0.29) is 12.0 Å². The minimum absolute atomic E-state index is 0.0178. The summed E-state index contributed by atoms with van der Waals surface area (Å²) in [5.41, 5.74) is 2.58. The van der Waals surface area contributed by atoms with Gasteiger partial charge in [-0.15, -0.1) is 5.10 Å². The van der Waals surface area contributed by atoms with Crippen LogP contribution in [0.2, 0.25) is 0 Å². The summed E-state index contributed by atoms with van der Waals surface area (Å²) in [6.07, 6.45) is 4.57. The number of anilines is 1. The molecule has 148 valence electrons. The Balaban J connectivity index is 1.76. The molecular formula is C20H24N4O3S. The highest BCUT2D eigenvalue weighted by molar-refractivity contribution is 7.22. The van der Waals surface area contributed by atoms with Gasteiger partial charge in [0, 0.05) is 19.9 Å². The number of rotatable bonds is 6. The Morgan fingerprint density at radius 3 is 3.04 bits per heavy atom. The van der Waals surface area contributed by atoms with Crippen molar-refractivity contribution in [3.8, 4) is 5.88 Å². The third kappa shape index (κ3) is 3.49. The van der Waals surface area contributed by atoms with Crippen molar-refractivity contribution in [1.82, 2.24) is 14.8 Å². The second-order valence-corrected chi connectivity index (χ2v) is 7.90. The van der Waals surface area contributed by atoms with Crippen molar-refractivity contribution in [1.29, 1.82) is 0 Å². The van der Waals surface area contributed by atoms with Crippen LogP contribution in [0.25, 0.3) is 10.2 Å². The van der Waals surface area contributed by atoms with Gasteiger partial charge in [-0.2, -0.15) is 0 Å². The van der Waals surface area contributed by atoms with Gasteiger partial charge in [0.05, 0.1) is 30.0 Å². The second kappa shape index (κ2) is 7.89. The average molecular weight is 401 g/mol. The summed E-state index contributed by atoms with van der Waals surface area (Å²) in [7, 11) is 3.30. The van der Waals surface area contributed by atoms with Crippen molar-refractivity contribution < 1.29 is 14.3 Å². The van der Waals surface area contributed by atoms with Crippen LogP contribution in [0.1, 0.15) is 35.7 Å². The zero-order chi connectivity index (χ0) is 19.7. The Hall–Kier alpha value is -2.45. The number of ether oxygens (including phenoxy) is 2. The predicted molar refractivity (Wildman–Crippen MR) is 109 cm³/mol. The van der Waals surface area contributed by atoms with Gasteiger partial charge in [0.1, 0.15) is 5.56 Å². The maximum absolute atomic E-state index is 13.5. The number of aryl methyl sites for hydroxylation is 2. The van der Waals surface area contributed by atoms with Crippen LogP contribution in [0.5, 0.6) is 5.88 Å². The van der Waals surface area contributed by atoms with E-state index in [1.807, 2.05) is 6.07 Å². The molecule has 2 aromatic heterocycles. The van der Waals surface area contributed by atoms with E-state index in [1.165, 1.54) is 24.0 Å². The lowest BCUT2D eigenvalue weighted by Gasteiger charge is -2.22. The lowest BCUT2D eigenvalue weighted by atomic mass is 10.1. The molecule has 1 aromatic carbocycles. The minimum atomic E-state index is -0.169. The molecule has 1 aliphatic heterocycles. The first kappa shape index (κ1) is 18.9. The molecule has 1 unspecified atom stereocenters. The number of amides is 1. The fourth-order valence-electron chi connectivity index (χ4n) is 3.55. The van der Waals surface area contributed by atoms with Gasteiger partial charge < -0.3 is 9.47 Å². The number of nitrogens with zero attached hydrogens (tertiary/aromatic N) is 4. The van der Waals surface area contributed by atoms with Crippen molar-refractivity contribution in [2.75, 3.05) is 25.2 Å². The van der Waals surface area contributed by atoms with E-state index in [1.54, 1.807) is 22.8 Å². The Kier molecular flexibility index (Phi) is 5.32. The zero-order valence-electron chi connectivity index (χ0n) is 16.3. The molecule has 0 saturated carbocycles. The molecule has 8 heteroatoms. The minimum Gasteiger partial charge on any atom is -0.479 e. The molecule has 0 bridgehead atoms. The fraction of sp³-hybridized carbons (Fsp3) is 0.450. The number of carbonyl (C=O) groups is 1. The Morgan fingerprint density at radius 2 is 2.32 bits per heavy atom. The van der Waals surface area contributed by atoms with E-state index >= 15 is 0 Å². The first-order chi connectivity index (χ1) is 13.6. The Labute approximate surface area is 167 Å². The zero-order valence-corrected chi connectivity index (χ0v) is 17.2. The van der Waals surface area contributed by atoms with Gasteiger partial charge in [0.2, 0.25) is 5.88 Å². The first-order valence-corrected chi connectivity index (χ1v) is 10.3. The van der Waals surface area contributed by atoms with Gasteiger partial charge in [-0.1, -0.05) is 30.4 Å². The van der Waals surface area contributed by atoms with Crippen LogP contribution >= 0.6 is 11.3 Å². The van der Waals surface area contributed by atoms with E-state index in [0.29, 0.717) is 23.1 Å². The van der Waals surface area contributed by atoms with E-state index in [4.69, 9.17) is 14.5 Å².